The Morgan fingerprint density at radius 2 is 2.11 bits per heavy atom. The van der Waals surface area contributed by atoms with Gasteiger partial charge in [0.05, 0.1) is 18.8 Å². The number of aromatic nitrogens is 2. The second kappa shape index (κ2) is 5.93. The molecule has 1 aliphatic carbocycles. The van der Waals surface area contributed by atoms with Crippen LogP contribution in [-0.4, -0.2) is 28.5 Å². The summed E-state index contributed by atoms with van der Waals surface area (Å²) in [6.07, 6.45) is 7.25. The fraction of sp³-hybridized carbons (Fsp3) is 0.667. The maximum Gasteiger partial charge on any atom is 0.318 e. The van der Waals surface area contributed by atoms with Crippen molar-refractivity contribution < 1.29 is 4.74 Å². The predicted molar refractivity (Wildman–Crippen MR) is 73.8 cm³/mol. The summed E-state index contributed by atoms with van der Waals surface area (Å²) in [5.74, 6) is 1.15. The molecule has 0 radical (unpaired) electrons. The molecule has 2 rings (SSSR count). The molecular formula is C12H17Cl2N3O. The predicted octanol–water partition coefficient (Wildman–Crippen LogP) is 3.49. The molecule has 1 saturated carbocycles. The monoisotopic (exact) mass is 289 g/mol. The third-order valence-electron chi connectivity index (χ3n) is 3.35. The van der Waals surface area contributed by atoms with Gasteiger partial charge in [-0.15, -0.1) is 11.6 Å². The Balaban J connectivity index is 2.20. The molecule has 0 saturated heterocycles. The molecule has 1 aliphatic rings. The summed E-state index contributed by atoms with van der Waals surface area (Å²) in [5.41, 5.74) is -0.108. The highest BCUT2D eigenvalue weighted by atomic mass is 35.5. The van der Waals surface area contributed by atoms with Gasteiger partial charge in [0.2, 0.25) is 0 Å². The van der Waals surface area contributed by atoms with Gasteiger partial charge in [0.25, 0.3) is 0 Å². The van der Waals surface area contributed by atoms with E-state index >= 15 is 0 Å². The van der Waals surface area contributed by atoms with Crippen LogP contribution in [0.15, 0.2) is 6.20 Å². The molecule has 0 aliphatic heterocycles. The Labute approximate surface area is 117 Å². The van der Waals surface area contributed by atoms with Crippen LogP contribution in [0.5, 0.6) is 6.01 Å². The number of nitrogens with one attached hydrogen (secondary N) is 1. The van der Waals surface area contributed by atoms with E-state index in [1.807, 2.05) is 0 Å². The molecule has 0 unspecified atom stereocenters. The van der Waals surface area contributed by atoms with Gasteiger partial charge in [0, 0.05) is 5.88 Å². The number of rotatable bonds is 4. The highest BCUT2D eigenvalue weighted by molar-refractivity contribution is 6.32. The Kier molecular flexibility index (Phi) is 4.51. The second-order valence-corrected chi connectivity index (χ2v) is 5.33. The number of methoxy groups -OCH3 is 1. The molecule has 4 nitrogen and oxygen atoms in total. The normalized spacial score (nSPS) is 18.4. The second-order valence-electron chi connectivity index (χ2n) is 4.65. The topological polar surface area (TPSA) is 47.0 Å². The van der Waals surface area contributed by atoms with Gasteiger partial charge in [-0.2, -0.15) is 4.98 Å². The molecule has 0 aromatic carbocycles. The minimum Gasteiger partial charge on any atom is -0.467 e. The molecule has 18 heavy (non-hydrogen) atoms. The number of ether oxygens (including phenoxy) is 1. The van der Waals surface area contributed by atoms with Crippen LogP contribution in [0.25, 0.3) is 0 Å². The van der Waals surface area contributed by atoms with E-state index in [9.17, 15) is 0 Å². The highest BCUT2D eigenvalue weighted by Gasteiger charge is 2.32. The van der Waals surface area contributed by atoms with E-state index in [1.54, 1.807) is 6.20 Å². The molecule has 1 aromatic heterocycles. The fourth-order valence-electron chi connectivity index (χ4n) is 2.31. The van der Waals surface area contributed by atoms with Crippen molar-refractivity contribution in [2.45, 2.75) is 37.6 Å². The van der Waals surface area contributed by atoms with Crippen LogP contribution in [-0.2, 0) is 0 Å². The third kappa shape index (κ3) is 2.98. The number of anilines is 1. The lowest BCUT2D eigenvalue weighted by Gasteiger charge is -2.37. The summed E-state index contributed by atoms with van der Waals surface area (Å²) in [4.78, 5) is 8.20. The number of halogens is 2. The van der Waals surface area contributed by atoms with Gasteiger partial charge in [-0.25, -0.2) is 4.98 Å². The smallest absolute Gasteiger partial charge is 0.318 e. The quantitative estimate of drug-likeness (QED) is 0.862. The van der Waals surface area contributed by atoms with Crippen molar-refractivity contribution in [3.8, 4) is 6.01 Å². The van der Waals surface area contributed by atoms with Gasteiger partial charge in [-0.05, 0) is 12.8 Å². The number of hydrogen-bond donors (Lipinski definition) is 1. The van der Waals surface area contributed by atoms with Crippen LogP contribution in [0, 0.1) is 0 Å². The molecule has 0 bridgehead atoms. The van der Waals surface area contributed by atoms with E-state index < -0.39 is 0 Å². The molecule has 0 atom stereocenters. The zero-order valence-corrected chi connectivity index (χ0v) is 11.9. The summed E-state index contributed by atoms with van der Waals surface area (Å²) in [6.45, 7) is 0. The van der Waals surface area contributed by atoms with Crippen molar-refractivity contribution in [3.63, 3.8) is 0 Å². The molecule has 1 fully saturated rings. The lowest BCUT2D eigenvalue weighted by molar-refractivity contribution is 0.350. The van der Waals surface area contributed by atoms with Crippen molar-refractivity contribution in [2.24, 2.45) is 0 Å². The van der Waals surface area contributed by atoms with E-state index in [1.165, 1.54) is 26.4 Å². The van der Waals surface area contributed by atoms with Crippen molar-refractivity contribution >= 4 is 29.0 Å². The van der Waals surface area contributed by atoms with Crippen LogP contribution >= 0.6 is 23.2 Å². The molecular weight excluding hydrogens is 273 g/mol. The van der Waals surface area contributed by atoms with Gasteiger partial charge in [0.1, 0.15) is 5.02 Å². The average Bonchev–Trinajstić information content (AvgIpc) is 2.42. The van der Waals surface area contributed by atoms with Crippen LogP contribution in [0.2, 0.25) is 5.02 Å². The number of hydrogen-bond acceptors (Lipinski definition) is 4. The van der Waals surface area contributed by atoms with Crippen LogP contribution < -0.4 is 10.1 Å². The molecule has 1 aromatic rings. The van der Waals surface area contributed by atoms with E-state index in [0.717, 1.165) is 12.8 Å². The van der Waals surface area contributed by atoms with E-state index in [0.29, 0.717) is 22.7 Å². The summed E-state index contributed by atoms with van der Waals surface area (Å²) in [5, 5.41) is 3.88. The average molecular weight is 290 g/mol. The summed E-state index contributed by atoms with van der Waals surface area (Å²) < 4.78 is 5.01. The molecule has 0 spiro atoms. The fourth-order valence-corrected chi connectivity index (χ4v) is 2.78. The Morgan fingerprint density at radius 3 is 2.72 bits per heavy atom. The summed E-state index contributed by atoms with van der Waals surface area (Å²) in [7, 11) is 1.53. The van der Waals surface area contributed by atoms with Gasteiger partial charge in [0.15, 0.2) is 5.82 Å². The zero-order valence-electron chi connectivity index (χ0n) is 10.4. The van der Waals surface area contributed by atoms with Crippen molar-refractivity contribution in [3.05, 3.63) is 11.2 Å². The van der Waals surface area contributed by atoms with Crippen LogP contribution in [0.3, 0.4) is 0 Å². The first-order chi connectivity index (χ1) is 8.69. The maximum atomic E-state index is 6.13. The number of alkyl halides is 1. The van der Waals surface area contributed by atoms with Crippen LogP contribution in [0.1, 0.15) is 32.1 Å². The Bertz CT molecular complexity index is 408. The third-order valence-corrected chi connectivity index (χ3v) is 4.14. The molecule has 6 heteroatoms. The molecule has 1 heterocycles. The molecule has 1 N–H and O–H groups in total. The lowest BCUT2D eigenvalue weighted by atomic mass is 9.83. The Hall–Kier alpha value is -0.740. The van der Waals surface area contributed by atoms with Crippen molar-refractivity contribution in [1.29, 1.82) is 0 Å². The SMILES string of the molecule is COc1ncc(Cl)c(NC2(CCl)CCCCC2)n1. The lowest BCUT2D eigenvalue weighted by Crippen LogP contribution is -2.42. The highest BCUT2D eigenvalue weighted by Crippen LogP contribution is 2.34. The first-order valence-corrected chi connectivity index (χ1v) is 7.01. The maximum absolute atomic E-state index is 6.13. The first kappa shape index (κ1) is 13.7. The minimum absolute atomic E-state index is 0.108. The summed E-state index contributed by atoms with van der Waals surface area (Å²) >= 11 is 12.2. The van der Waals surface area contributed by atoms with E-state index in [4.69, 9.17) is 27.9 Å². The number of nitrogens with zero attached hydrogens (tertiary/aromatic N) is 2. The van der Waals surface area contributed by atoms with Gasteiger partial charge in [-0.3, -0.25) is 0 Å². The standard InChI is InChI=1S/C12H17Cl2N3O/c1-18-11-15-7-9(14)10(16-11)17-12(8-13)5-3-2-4-6-12/h7H,2-6,8H2,1H3,(H,15,16,17). The van der Waals surface area contributed by atoms with Crippen molar-refractivity contribution in [1.82, 2.24) is 9.97 Å². The van der Waals surface area contributed by atoms with E-state index in [2.05, 4.69) is 15.3 Å². The summed E-state index contributed by atoms with van der Waals surface area (Å²) in [6, 6.07) is 0.308. The largest absolute Gasteiger partial charge is 0.467 e. The van der Waals surface area contributed by atoms with Gasteiger partial charge < -0.3 is 10.1 Å². The van der Waals surface area contributed by atoms with E-state index in [-0.39, 0.29) is 5.54 Å². The minimum atomic E-state index is -0.108. The van der Waals surface area contributed by atoms with Crippen molar-refractivity contribution in [2.75, 3.05) is 18.3 Å². The first-order valence-electron chi connectivity index (χ1n) is 6.10. The zero-order chi connectivity index (χ0) is 13.0. The van der Waals surface area contributed by atoms with Gasteiger partial charge in [-0.1, -0.05) is 30.9 Å². The Morgan fingerprint density at radius 1 is 1.39 bits per heavy atom. The molecule has 0 amide bonds. The van der Waals surface area contributed by atoms with Gasteiger partial charge >= 0.3 is 6.01 Å². The molecule has 100 valence electrons. The van der Waals surface area contributed by atoms with Crippen LogP contribution in [0.4, 0.5) is 5.82 Å².